The van der Waals surface area contributed by atoms with Crippen LogP contribution in [0.3, 0.4) is 0 Å². The molecule has 1 aromatic carbocycles. The van der Waals surface area contributed by atoms with E-state index in [-0.39, 0.29) is 0 Å². The number of nitrogens with zero attached hydrogens (tertiary/aromatic N) is 3. The number of fused-ring (bicyclic) bond motifs is 1. The average Bonchev–Trinajstić information content (AvgIpc) is 2.65. The van der Waals surface area contributed by atoms with E-state index in [1.54, 1.807) is 15.6 Å². The Morgan fingerprint density at radius 3 is 2.76 bits per heavy atom. The van der Waals surface area contributed by atoms with E-state index >= 15 is 0 Å². The van der Waals surface area contributed by atoms with E-state index < -0.39 is 10.0 Å². The molecular weight excluding hydrogens is 306 g/mol. The highest BCUT2D eigenvalue weighted by Crippen LogP contribution is 2.30. The Hall–Kier alpha value is -1.18. The number of aryl methyl sites for hydroxylation is 1. The fourth-order valence-corrected chi connectivity index (χ4v) is 4.56. The SMILES string of the molecule is Cc1ccc2nc(N3CCCN(S(C)(=O)=O)CC3)sc2c1. The molecule has 0 aliphatic carbocycles. The number of aromatic nitrogens is 1. The van der Waals surface area contributed by atoms with Gasteiger partial charge in [0, 0.05) is 26.2 Å². The van der Waals surface area contributed by atoms with Crippen LogP contribution in [0.1, 0.15) is 12.0 Å². The Morgan fingerprint density at radius 2 is 2.00 bits per heavy atom. The minimum Gasteiger partial charge on any atom is -0.347 e. The monoisotopic (exact) mass is 325 g/mol. The summed E-state index contributed by atoms with van der Waals surface area (Å²) in [6, 6.07) is 6.27. The average molecular weight is 325 g/mol. The molecule has 0 radical (unpaired) electrons. The molecule has 7 heteroatoms. The quantitative estimate of drug-likeness (QED) is 0.848. The van der Waals surface area contributed by atoms with Crippen LogP contribution in [0.2, 0.25) is 0 Å². The van der Waals surface area contributed by atoms with Gasteiger partial charge in [0.25, 0.3) is 0 Å². The van der Waals surface area contributed by atoms with Crippen molar-refractivity contribution in [3.8, 4) is 0 Å². The molecule has 1 aliphatic heterocycles. The lowest BCUT2D eigenvalue weighted by molar-refractivity contribution is 0.437. The lowest BCUT2D eigenvalue weighted by atomic mass is 10.2. The first-order chi connectivity index (χ1) is 9.93. The van der Waals surface area contributed by atoms with Gasteiger partial charge < -0.3 is 4.90 Å². The highest BCUT2D eigenvalue weighted by atomic mass is 32.2. The standard InChI is InChI=1S/C14H19N3O2S2/c1-11-4-5-12-13(10-11)20-14(15-12)16-6-3-7-17(9-8-16)21(2,18)19/h4-5,10H,3,6-9H2,1-2H3. The predicted octanol–water partition coefficient (Wildman–Crippen LogP) is 2.08. The third kappa shape index (κ3) is 3.20. The number of thiazole rings is 1. The number of rotatable bonds is 2. The highest BCUT2D eigenvalue weighted by Gasteiger charge is 2.22. The Balaban J connectivity index is 1.82. The van der Waals surface area contributed by atoms with Crippen molar-refractivity contribution in [1.29, 1.82) is 0 Å². The third-order valence-corrected chi connectivity index (χ3v) is 6.11. The predicted molar refractivity (Wildman–Crippen MR) is 87.6 cm³/mol. The van der Waals surface area contributed by atoms with E-state index in [0.717, 1.165) is 23.6 Å². The molecule has 1 saturated heterocycles. The second kappa shape index (κ2) is 5.55. The Labute approximate surface area is 129 Å². The van der Waals surface area contributed by atoms with Crippen LogP contribution in [-0.2, 0) is 10.0 Å². The van der Waals surface area contributed by atoms with Crippen LogP contribution >= 0.6 is 11.3 Å². The molecule has 1 aliphatic rings. The van der Waals surface area contributed by atoms with Crippen LogP contribution in [0.25, 0.3) is 10.2 Å². The maximum atomic E-state index is 11.7. The van der Waals surface area contributed by atoms with Crippen LogP contribution in [0.5, 0.6) is 0 Å². The number of anilines is 1. The Morgan fingerprint density at radius 1 is 1.19 bits per heavy atom. The van der Waals surface area contributed by atoms with E-state index in [2.05, 4.69) is 28.9 Å². The molecule has 3 rings (SSSR count). The Kier molecular flexibility index (Phi) is 3.90. The summed E-state index contributed by atoms with van der Waals surface area (Å²) in [7, 11) is -3.10. The van der Waals surface area contributed by atoms with Crippen LogP contribution < -0.4 is 4.90 Å². The fourth-order valence-electron chi connectivity index (χ4n) is 2.57. The lowest BCUT2D eigenvalue weighted by Crippen LogP contribution is -2.34. The Bertz CT molecular complexity index is 755. The van der Waals surface area contributed by atoms with Crippen molar-refractivity contribution < 1.29 is 8.42 Å². The summed E-state index contributed by atoms with van der Waals surface area (Å²) >= 11 is 1.68. The van der Waals surface area contributed by atoms with Crippen LogP contribution in [0.4, 0.5) is 5.13 Å². The number of hydrogen-bond donors (Lipinski definition) is 0. The van der Waals surface area contributed by atoms with E-state index in [1.165, 1.54) is 16.5 Å². The highest BCUT2D eigenvalue weighted by molar-refractivity contribution is 7.88. The minimum atomic E-state index is -3.10. The molecule has 114 valence electrons. The molecule has 0 N–H and O–H groups in total. The normalized spacial score (nSPS) is 18.1. The van der Waals surface area contributed by atoms with Gasteiger partial charge in [0.15, 0.2) is 5.13 Å². The summed E-state index contributed by atoms with van der Waals surface area (Å²) in [5.41, 5.74) is 2.25. The number of hydrogen-bond acceptors (Lipinski definition) is 5. The van der Waals surface area contributed by atoms with Gasteiger partial charge in [0.05, 0.1) is 16.5 Å². The van der Waals surface area contributed by atoms with Gasteiger partial charge in [-0.3, -0.25) is 0 Å². The van der Waals surface area contributed by atoms with Crippen molar-refractivity contribution in [1.82, 2.24) is 9.29 Å². The molecule has 2 aromatic rings. The summed E-state index contributed by atoms with van der Waals surface area (Å²) in [6.07, 6.45) is 2.12. The lowest BCUT2D eigenvalue weighted by Gasteiger charge is -2.19. The van der Waals surface area contributed by atoms with Crippen LogP contribution in [0.15, 0.2) is 18.2 Å². The van der Waals surface area contributed by atoms with E-state index in [9.17, 15) is 8.42 Å². The van der Waals surface area contributed by atoms with Crippen molar-refractivity contribution in [3.63, 3.8) is 0 Å². The summed E-state index contributed by atoms with van der Waals surface area (Å²) in [6.45, 7) is 4.76. The van der Waals surface area contributed by atoms with Crippen molar-refractivity contribution >= 4 is 36.7 Å². The number of sulfonamides is 1. The van der Waals surface area contributed by atoms with Gasteiger partial charge >= 0.3 is 0 Å². The van der Waals surface area contributed by atoms with Gasteiger partial charge in [-0.05, 0) is 31.0 Å². The molecule has 0 unspecified atom stereocenters. The zero-order valence-corrected chi connectivity index (χ0v) is 13.9. The van der Waals surface area contributed by atoms with Gasteiger partial charge in [-0.1, -0.05) is 17.4 Å². The molecule has 1 fully saturated rings. The zero-order chi connectivity index (χ0) is 15.0. The maximum absolute atomic E-state index is 11.7. The topological polar surface area (TPSA) is 53.5 Å². The summed E-state index contributed by atoms with van der Waals surface area (Å²) < 4.78 is 26.1. The summed E-state index contributed by atoms with van der Waals surface area (Å²) in [4.78, 5) is 6.88. The van der Waals surface area contributed by atoms with Gasteiger partial charge in [-0.25, -0.2) is 17.7 Å². The van der Waals surface area contributed by atoms with Crippen molar-refractivity contribution in [2.24, 2.45) is 0 Å². The van der Waals surface area contributed by atoms with Crippen molar-refractivity contribution in [2.75, 3.05) is 37.3 Å². The molecular formula is C14H19N3O2S2. The molecule has 21 heavy (non-hydrogen) atoms. The first kappa shape index (κ1) is 14.7. The second-order valence-electron chi connectivity index (χ2n) is 5.47. The van der Waals surface area contributed by atoms with Crippen LogP contribution in [-0.4, -0.2) is 50.1 Å². The van der Waals surface area contributed by atoms with Gasteiger partial charge in [0.1, 0.15) is 0 Å². The van der Waals surface area contributed by atoms with Gasteiger partial charge in [0.2, 0.25) is 10.0 Å². The fraction of sp³-hybridized carbons (Fsp3) is 0.500. The summed E-state index contributed by atoms with van der Waals surface area (Å²) in [5.74, 6) is 0. The maximum Gasteiger partial charge on any atom is 0.211 e. The third-order valence-electron chi connectivity index (χ3n) is 3.73. The largest absolute Gasteiger partial charge is 0.347 e. The van der Waals surface area contributed by atoms with E-state index in [0.29, 0.717) is 19.6 Å². The smallest absolute Gasteiger partial charge is 0.211 e. The van der Waals surface area contributed by atoms with Crippen molar-refractivity contribution in [3.05, 3.63) is 23.8 Å². The zero-order valence-electron chi connectivity index (χ0n) is 12.2. The first-order valence-electron chi connectivity index (χ1n) is 7.01. The molecule has 0 amide bonds. The van der Waals surface area contributed by atoms with Gasteiger partial charge in [-0.2, -0.15) is 0 Å². The molecule has 2 heterocycles. The molecule has 0 atom stereocenters. The molecule has 0 saturated carbocycles. The second-order valence-corrected chi connectivity index (χ2v) is 8.46. The van der Waals surface area contributed by atoms with E-state index in [4.69, 9.17) is 0 Å². The van der Waals surface area contributed by atoms with E-state index in [1.807, 2.05) is 6.07 Å². The molecule has 0 bridgehead atoms. The minimum absolute atomic E-state index is 0.536. The van der Waals surface area contributed by atoms with Crippen LogP contribution in [0, 0.1) is 6.92 Å². The summed E-state index contributed by atoms with van der Waals surface area (Å²) in [5, 5.41) is 0.992. The van der Waals surface area contributed by atoms with Crippen molar-refractivity contribution in [2.45, 2.75) is 13.3 Å². The number of benzene rings is 1. The molecule has 0 spiro atoms. The first-order valence-corrected chi connectivity index (χ1v) is 9.67. The van der Waals surface area contributed by atoms with Gasteiger partial charge in [-0.15, -0.1) is 0 Å². The molecule has 1 aromatic heterocycles. The molecule has 5 nitrogen and oxygen atoms in total.